The Labute approximate surface area is 123 Å². The Hall–Kier alpha value is -1.26. The summed E-state index contributed by atoms with van der Waals surface area (Å²) < 4.78 is 16.5. The van der Waals surface area contributed by atoms with Crippen molar-refractivity contribution in [2.24, 2.45) is 0 Å². The number of Topliss-reactive ketones (excluding diaryl/α,β-unsaturated/α-hetero) is 1. The second kappa shape index (κ2) is 6.02. The van der Waals surface area contributed by atoms with E-state index >= 15 is 0 Å². The van der Waals surface area contributed by atoms with Crippen molar-refractivity contribution < 1.29 is 19.0 Å². The molecule has 2 aliphatic heterocycles. The van der Waals surface area contributed by atoms with Crippen molar-refractivity contribution in [3.63, 3.8) is 0 Å². The fourth-order valence-electron chi connectivity index (χ4n) is 2.58. The Morgan fingerprint density at radius 2 is 1.95 bits per heavy atom. The predicted molar refractivity (Wildman–Crippen MR) is 75.0 cm³/mol. The van der Waals surface area contributed by atoms with Gasteiger partial charge in [-0.3, -0.25) is 4.79 Å². The summed E-state index contributed by atoms with van der Waals surface area (Å²) in [5.41, 5.74) is 0.508. The van der Waals surface area contributed by atoms with E-state index in [0.717, 1.165) is 25.9 Å². The molecule has 0 saturated carbocycles. The van der Waals surface area contributed by atoms with Crippen LogP contribution in [-0.2, 0) is 4.74 Å². The Bertz CT molecular complexity index is 509. The Morgan fingerprint density at radius 3 is 2.65 bits per heavy atom. The molecule has 0 N–H and O–H groups in total. The Morgan fingerprint density at radius 1 is 1.20 bits per heavy atom. The molecule has 0 amide bonds. The van der Waals surface area contributed by atoms with Crippen molar-refractivity contribution in [3.8, 4) is 11.5 Å². The van der Waals surface area contributed by atoms with Gasteiger partial charge in [0.2, 0.25) is 0 Å². The molecule has 1 fully saturated rings. The van der Waals surface area contributed by atoms with E-state index in [1.54, 1.807) is 12.1 Å². The monoisotopic (exact) mass is 296 g/mol. The van der Waals surface area contributed by atoms with Gasteiger partial charge in [-0.05, 0) is 25.3 Å². The summed E-state index contributed by atoms with van der Waals surface area (Å²) in [7, 11) is 0. The molecule has 3 rings (SSSR count). The van der Waals surface area contributed by atoms with Gasteiger partial charge < -0.3 is 14.2 Å². The standard InChI is InChI=1S/C15H17ClO4/c16-12-9-15-14(19-6-7-20-15)8-11(12)13(17)4-3-10-2-1-5-18-10/h8-10H,1-7H2. The summed E-state index contributed by atoms with van der Waals surface area (Å²) >= 11 is 6.16. The highest BCUT2D eigenvalue weighted by atomic mass is 35.5. The molecule has 1 atom stereocenters. The second-order valence-electron chi connectivity index (χ2n) is 5.07. The van der Waals surface area contributed by atoms with Crippen molar-refractivity contribution in [2.45, 2.75) is 31.8 Å². The van der Waals surface area contributed by atoms with E-state index in [0.29, 0.717) is 41.7 Å². The summed E-state index contributed by atoms with van der Waals surface area (Å²) in [6.07, 6.45) is 3.55. The van der Waals surface area contributed by atoms with Crippen molar-refractivity contribution >= 4 is 17.4 Å². The summed E-state index contributed by atoms with van der Waals surface area (Å²) in [5, 5.41) is 0.423. The molecule has 1 aromatic rings. The van der Waals surface area contributed by atoms with Crippen molar-refractivity contribution in [3.05, 3.63) is 22.7 Å². The number of rotatable bonds is 4. The highest BCUT2D eigenvalue weighted by Crippen LogP contribution is 2.36. The molecule has 2 heterocycles. The SMILES string of the molecule is O=C(CCC1CCCO1)c1cc2c(cc1Cl)OCCO2. The lowest BCUT2D eigenvalue weighted by molar-refractivity contribution is 0.0858. The minimum absolute atomic E-state index is 0.0301. The van der Waals surface area contributed by atoms with Gasteiger partial charge in [-0.1, -0.05) is 11.6 Å². The maximum atomic E-state index is 12.3. The minimum Gasteiger partial charge on any atom is -0.486 e. The molecule has 108 valence electrons. The van der Waals surface area contributed by atoms with Gasteiger partial charge in [0, 0.05) is 24.7 Å². The number of halogens is 1. The molecular weight excluding hydrogens is 280 g/mol. The van der Waals surface area contributed by atoms with E-state index in [1.165, 1.54) is 0 Å². The fraction of sp³-hybridized carbons (Fsp3) is 0.533. The molecule has 5 heteroatoms. The number of carbonyl (C=O) groups is 1. The van der Waals surface area contributed by atoms with Crippen LogP contribution in [0.3, 0.4) is 0 Å². The molecule has 1 unspecified atom stereocenters. The van der Waals surface area contributed by atoms with Crippen LogP contribution in [0.15, 0.2) is 12.1 Å². The third-order valence-corrected chi connectivity index (χ3v) is 3.96. The lowest BCUT2D eigenvalue weighted by atomic mass is 10.0. The third kappa shape index (κ3) is 2.91. The Balaban J connectivity index is 1.70. The average Bonchev–Trinajstić information content (AvgIpc) is 2.97. The van der Waals surface area contributed by atoms with Gasteiger partial charge >= 0.3 is 0 Å². The number of carbonyl (C=O) groups excluding carboxylic acids is 1. The van der Waals surface area contributed by atoms with E-state index in [2.05, 4.69) is 0 Å². The number of ketones is 1. The average molecular weight is 297 g/mol. The van der Waals surface area contributed by atoms with E-state index in [4.69, 9.17) is 25.8 Å². The number of benzene rings is 1. The summed E-state index contributed by atoms with van der Waals surface area (Å²) in [5.74, 6) is 1.24. The molecule has 0 aromatic heterocycles. The van der Waals surface area contributed by atoms with Gasteiger partial charge in [-0.15, -0.1) is 0 Å². The van der Waals surface area contributed by atoms with E-state index < -0.39 is 0 Å². The molecule has 4 nitrogen and oxygen atoms in total. The third-order valence-electron chi connectivity index (χ3n) is 3.65. The zero-order valence-corrected chi connectivity index (χ0v) is 11.9. The number of hydrogen-bond acceptors (Lipinski definition) is 4. The van der Waals surface area contributed by atoms with Gasteiger partial charge in [0.05, 0.1) is 11.1 Å². The smallest absolute Gasteiger partial charge is 0.164 e. The largest absolute Gasteiger partial charge is 0.486 e. The summed E-state index contributed by atoms with van der Waals surface area (Å²) in [4.78, 5) is 12.3. The normalized spacial score (nSPS) is 20.9. The summed E-state index contributed by atoms with van der Waals surface area (Å²) in [6, 6.07) is 3.35. The van der Waals surface area contributed by atoms with Crippen LogP contribution in [0.4, 0.5) is 0 Å². The van der Waals surface area contributed by atoms with Crippen LogP contribution in [0.5, 0.6) is 11.5 Å². The van der Waals surface area contributed by atoms with Crippen LogP contribution >= 0.6 is 11.6 Å². The van der Waals surface area contributed by atoms with Crippen molar-refractivity contribution in [1.82, 2.24) is 0 Å². The summed E-state index contributed by atoms with van der Waals surface area (Å²) in [6.45, 7) is 1.82. The highest BCUT2D eigenvalue weighted by Gasteiger charge is 2.21. The molecule has 0 bridgehead atoms. The van der Waals surface area contributed by atoms with Crippen LogP contribution in [0, 0.1) is 0 Å². The molecule has 0 radical (unpaired) electrons. The maximum absolute atomic E-state index is 12.3. The first-order valence-electron chi connectivity index (χ1n) is 6.98. The number of hydrogen-bond donors (Lipinski definition) is 0. The zero-order chi connectivity index (χ0) is 13.9. The van der Waals surface area contributed by atoms with Gasteiger partial charge in [0.1, 0.15) is 13.2 Å². The first kappa shape index (κ1) is 13.7. The van der Waals surface area contributed by atoms with Gasteiger partial charge in [-0.25, -0.2) is 0 Å². The maximum Gasteiger partial charge on any atom is 0.164 e. The number of fused-ring (bicyclic) bond motifs is 1. The van der Waals surface area contributed by atoms with Crippen LogP contribution in [0.1, 0.15) is 36.0 Å². The van der Waals surface area contributed by atoms with Crippen LogP contribution in [-0.4, -0.2) is 31.7 Å². The minimum atomic E-state index is 0.0301. The molecule has 1 saturated heterocycles. The molecule has 0 spiro atoms. The van der Waals surface area contributed by atoms with Crippen molar-refractivity contribution in [1.29, 1.82) is 0 Å². The zero-order valence-electron chi connectivity index (χ0n) is 11.2. The Kier molecular flexibility index (Phi) is 4.13. The second-order valence-corrected chi connectivity index (χ2v) is 5.48. The van der Waals surface area contributed by atoms with Crippen LogP contribution in [0.25, 0.3) is 0 Å². The first-order chi connectivity index (χ1) is 9.74. The first-order valence-corrected chi connectivity index (χ1v) is 7.36. The van der Waals surface area contributed by atoms with E-state index in [1.807, 2.05) is 0 Å². The van der Waals surface area contributed by atoms with Gasteiger partial charge in [0.25, 0.3) is 0 Å². The molecule has 20 heavy (non-hydrogen) atoms. The molecule has 2 aliphatic rings. The lowest BCUT2D eigenvalue weighted by Crippen LogP contribution is -2.16. The highest BCUT2D eigenvalue weighted by molar-refractivity contribution is 6.34. The molecule has 1 aromatic carbocycles. The molecule has 0 aliphatic carbocycles. The van der Waals surface area contributed by atoms with Crippen LogP contribution < -0.4 is 9.47 Å². The predicted octanol–water partition coefficient (Wildman–Crippen LogP) is 3.25. The van der Waals surface area contributed by atoms with Gasteiger partial charge in [0.15, 0.2) is 17.3 Å². The quantitative estimate of drug-likeness (QED) is 0.800. The fourth-order valence-corrected chi connectivity index (χ4v) is 2.84. The van der Waals surface area contributed by atoms with Gasteiger partial charge in [-0.2, -0.15) is 0 Å². The van der Waals surface area contributed by atoms with E-state index in [9.17, 15) is 4.79 Å². The lowest BCUT2D eigenvalue weighted by Gasteiger charge is -2.19. The topological polar surface area (TPSA) is 44.8 Å². The van der Waals surface area contributed by atoms with E-state index in [-0.39, 0.29) is 11.9 Å². The van der Waals surface area contributed by atoms with Crippen LogP contribution in [0.2, 0.25) is 5.02 Å². The van der Waals surface area contributed by atoms with Crippen molar-refractivity contribution in [2.75, 3.05) is 19.8 Å². The number of ether oxygens (including phenoxy) is 3. The molecular formula is C15H17ClO4.